The van der Waals surface area contributed by atoms with Crippen LogP contribution in [0, 0.1) is 5.82 Å². The van der Waals surface area contributed by atoms with Gasteiger partial charge in [0.2, 0.25) is 0 Å². The molecule has 4 aromatic carbocycles. The first-order valence-corrected chi connectivity index (χ1v) is 14.6. The summed E-state index contributed by atoms with van der Waals surface area (Å²) in [4.78, 5) is 32.8. The van der Waals surface area contributed by atoms with E-state index in [2.05, 4.69) is 0 Å². The van der Waals surface area contributed by atoms with E-state index in [9.17, 15) is 14.0 Å². The largest absolute Gasteiger partial charge is 0.489 e. The van der Waals surface area contributed by atoms with Gasteiger partial charge >= 0.3 is 5.97 Å². The SMILES string of the molecule is CCOC(=O)C1=C(c2ccccc2)N=c2s/c(=C\c3ccc(OCc4ccc(F)cc4)cc3)c(=O)n2[C@H]1c1ccccc1. The minimum Gasteiger partial charge on any atom is -0.489 e. The quantitative estimate of drug-likeness (QED) is 0.219. The van der Waals surface area contributed by atoms with Gasteiger partial charge in [-0.05, 0) is 54.0 Å². The molecule has 5 aromatic rings. The monoisotopic (exact) mass is 590 g/mol. The smallest absolute Gasteiger partial charge is 0.338 e. The Labute approximate surface area is 251 Å². The second kappa shape index (κ2) is 12.4. The van der Waals surface area contributed by atoms with E-state index < -0.39 is 12.0 Å². The number of nitrogens with zero attached hydrogens (tertiary/aromatic N) is 2. The lowest BCUT2D eigenvalue weighted by molar-refractivity contribution is -0.138. The van der Waals surface area contributed by atoms with E-state index in [1.54, 1.807) is 23.6 Å². The number of benzene rings is 4. The lowest BCUT2D eigenvalue weighted by atomic mass is 9.93. The van der Waals surface area contributed by atoms with Gasteiger partial charge in [-0.15, -0.1) is 0 Å². The molecule has 0 bridgehead atoms. The molecule has 0 aliphatic carbocycles. The zero-order valence-corrected chi connectivity index (χ0v) is 24.1. The normalized spacial score (nSPS) is 14.7. The lowest BCUT2D eigenvalue weighted by Gasteiger charge is -2.25. The van der Waals surface area contributed by atoms with Crippen molar-refractivity contribution in [2.45, 2.75) is 19.6 Å². The first-order chi connectivity index (χ1) is 21.0. The Morgan fingerprint density at radius 3 is 2.28 bits per heavy atom. The van der Waals surface area contributed by atoms with Gasteiger partial charge in [-0.25, -0.2) is 14.2 Å². The topological polar surface area (TPSA) is 69.9 Å². The van der Waals surface area contributed by atoms with Crippen LogP contribution in [0.5, 0.6) is 5.75 Å². The molecule has 1 aliphatic heterocycles. The third-order valence-corrected chi connectivity index (χ3v) is 7.97. The van der Waals surface area contributed by atoms with Crippen LogP contribution < -0.4 is 19.6 Å². The number of hydrogen-bond acceptors (Lipinski definition) is 6. The molecular weight excluding hydrogens is 563 g/mol. The predicted molar refractivity (Wildman–Crippen MR) is 165 cm³/mol. The Morgan fingerprint density at radius 2 is 1.60 bits per heavy atom. The van der Waals surface area contributed by atoms with Crippen LogP contribution >= 0.6 is 11.3 Å². The van der Waals surface area contributed by atoms with Gasteiger partial charge in [-0.3, -0.25) is 9.36 Å². The van der Waals surface area contributed by atoms with Crippen molar-refractivity contribution in [1.82, 2.24) is 4.57 Å². The summed E-state index contributed by atoms with van der Waals surface area (Å²) in [6.45, 7) is 2.26. The van der Waals surface area contributed by atoms with Gasteiger partial charge in [0.1, 0.15) is 18.2 Å². The van der Waals surface area contributed by atoms with Crippen molar-refractivity contribution in [1.29, 1.82) is 0 Å². The number of rotatable bonds is 8. The summed E-state index contributed by atoms with van der Waals surface area (Å²) in [6, 6.07) is 31.8. The van der Waals surface area contributed by atoms with Crippen LogP contribution in [0.15, 0.2) is 125 Å². The highest BCUT2D eigenvalue weighted by Crippen LogP contribution is 2.35. The van der Waals surface area contributed by atoms with Gasteiger partial charge in [0, 0.05) is 5.56 Å². The van der Waals surface area contributed by atoms with Crippen LogP contribution in [0.25, 0.3) is 11.8 Å². The fraction of sp³-hybridized carbons (Fsp3) is 0.114. The van der Waals surface area contributed by atoms with E-state index in [4.69, 9.17) is 14.5 Å². The molecule has 0 saturated heterocycles. The van der Waals surface area contributed by atoms with Crippen LogP contribution in [0.3, 0.4) is 0 Å². The molecule has 1 aromatic heterocycles. The Hall–Kier alpha value is -5.08. The molecule has 6 nitrogen and oxygen atoms in total. The average molecular weight is 591 g/mol. The van der Waals surface area contributed by atoms with Crippen molar-refractivity contribution in [2.24, 2.45) is 4.99 Å². The zero-order valence-electron chi connectivity index (χ0n) is 23.3. The molecule has 0 amide bonds. The number of hydrogen-bond donors (Lipinski definition) is 0. The second-order valence-corrected chi connectivity index (χ2v) is 10.8. The van der Waals surface area contributed by atoms with Crippen LogP contribution in [-0.4, -0.2) is 17.1 Å². The molecule has 2 heterocycles. The van der Waals surface area contributed by atoms with Crippen LogP contribution in [0.2, 0.25) is 0 Å². The fourth-order valence-corrected chi connectivity index (χ4v) is 5.95. The number of esters is 1. The number of ether oxygens (including phenoxy) is 2. The van der Waals surface area contributed by atoms with Gasteiger partial charge < -0.3 is 9.47 Å². The summed E-state index contributed by atoms with van der Waals surface area (Å²) in [5.74, 6) is -0.148. The molecule has 1 aliphatic rings. The molecule has 0 fully saturated rings. The molecule has 214 valence electrons. The number of aromatic nitrogens is 1. The molecule has 0 N–H and O–H groups in total. The third kappa shape index (κ3) is 5.96. The summed E-state index contributed by atoms with van der Waals surface area (Å²) in [7, 11) is 0. The lowest BCUT2D eigenvalue weighted by Crippen LogP contribution is -2.39. The molecule has 0 saturated carbocycles. The predicted octanol–water partition coefficient (Wildman–Crippen LogP) is 5.65. The summed E-state index contributed by atoms with van der Waals surface area (Å²) in [5.41, 5.74) is 3.78. The van der Waals surface area contributed by atoms with Crippen molar-refractivity contribution in [3.63, 3.8) is 0 Å². The average Bonchev–Trinajstić information content (AvgIpc) is 3.35. The second-order valence-electron chi connectivity index (χ2n) is 9.83. The van der Waals surface area contributed by atoms with Crippen molar-refractivity contribution in [3.05, 3.63) is 163 Å². The van der Waals surface area contributed by atoms with Crippen molar-refractivity contribution < 1.29 is 18.7 Å². The van der Waals surface area contributed by atoms with E-state index in [0.29, 0.717) is 33.0 Å². The van der Waals surface area contributed by atoms with Gasteiger partial charge in [0.25, 0.3) is 5.56 Å². The first-order valence-electron chi connectivity index (χ1n) is 13.8. The van der Waals surface area contributed by atoms with E-state index in [1.165, 1.54) is 23.5 Å². The summed E-state index contributed by atoms with van der Waals surface area (Å²) in [6.07, 6.45) is 1.81. The van der Waals surface area contributed by atoms with Gasteiger partial charge in [-0.2, -0.15) is 0 Å². The highest BCUT2D eigenvalue weighted by atomic mass is 32.1. The summed E-state index contributed by atoms with van der Waals surface area (Å²) in [5, 5.41) is 0. The van der Waals surface area contributed by atoms with Gasteiger partial charge in [-0.1, -0.05) is 96.3 Å². The molecule has 6 rings (SSSR count). The maximum atomic E-state index is 14.0. The Balaban J connectivity index is 1.41. The van der Waals surface area contributed by atoms with E-state index >= 15 is 0 Å². The molecule has 0 spiro atoms. The Bertz CT molecular complexity index is 1960. The maximum absolute atomic E-state index is 14.0. The van der Waals surface area contributed by atoms with Crippen molar-refractivity contribution >= 4 is 29.1 Å². The number of halogens is 1. The van der Waals surface area contributed by atoms with E-state index in [-0.39, 0.29) is 18.0 Å². The Morgan fingerprint density at radius 1 is 0.930 bits per heavy atom. The van der Waals surface area contributed by atoms with Crippen LogP contribution in [-0.2, 0) is 16.1 Å². The van der Waals surface area contributed by atoms with Crippen LogP contribution in [0.1, 0.15) is 35.2 Å². The fourth-order valence-electron chi connectivity index (χ4n) is 4.95. The van der Waals surface area contributed by atoms with Crippen molar-refractivity contribution in [3.8, 4) is 5.75 Å². The third-order valence-electron chi connectivity index (χ3n) is 6.99. The van der Waals surface area contributed by atoms with Crippen LogP contribution in [0.4, 0.5) is 4.39 Å². The molecule has 1 atom stereocenters. The van der Waals surface area contributed by atoms with Gasteiger partial charge in [0.05, 0.1) is 28.5 Å². The zero-order chi connectivity index (χ0) is 29.8. The standard InChI is InChI=1S/C35H27FN2O4S/c1-2-41-34(40)30-31(25-9-5-3-6-10-25)37-35-38(32(30)26-11-7-4-8-12-26)33(39)29(43-35)21-23-15-19-28(20-16-23)42-22-24-13-17-27(36)18-14-24/h3-21,32H,2,22H2,1H3/b29-21-/t32-/m0/s1. The van der Waals surface area contributed by atoms with Gasteiger partial charge in [0.15, 0.2) is 4.80 Å². The van der Waals surface area contributed by atoms with Crippen molar-refractivity contribution in [2.75, 3.05) is 6.61 Å². The highest BCUT2D eigenvalue weighted by Gasteiger charge is 2.35. The minimum atomic E-state index is -0.712. The number of carbonyl (C=O) groups is 1. The molecular formula is C35H27FN2O4S. The molecule has 0 radical (unpaired) electrons. The number of thiazole rings is 1. The first kappa shape index (κ1) is 28.1. The Kier molecular flexibility index (Phi) is 8.11. The number of fused-ring (bicyclic) bond motifs is 1. The molecule has 0 unspecified atom stereocenters. The van der Waals surface area contributed by atoms with E-state index in [0.717, 1.165) is 22.3 Å². The summed E-state index contributed by atoms with van der Waals surface area (Å²) < 4.78 is 26.6. The number of carbonyl (C=O) groups excluding carboxylic acids is 1. The van der Waals surface area contributed by atoms with E-state index in [1.807, 2.05) is 91.0 Å². The minimum absolute atomic E-state index is 0.194. The molecule has 43 heavy (non-hydrogen) atoms. The maximum Gasteiger partial charge on any atom is 0.338 e. The molecule has 8 heteroatoms. The summed E-state index contributed by atoms with van der Waals surface area (Å²) >= 11 is 1.27. The highest BCUT2D eigenvalue weighted by molar-refractivity contribution is 7.07.